The van der Waals surface area contributed by atoms with Crippen molar-refractivity contribution in [2.75, 3.05) is 32.1 Å². The Morgan fingerprint density at radius 3 is 2.58 bits per heavy atom. The molecule has 0 unspecified atom stereocenters. The van der Waals surface area contributed by atoms with E-state index in [2.05, 4.69) is 20.8 Å². The van der Waals surface area contributed by atoms with E-state index in [0.29, 0.717) is 65.9 Å². The molecule has 4 rings (SSSR count). The normalized spacial score (nSPS) is 13.8. The maximum Gasteiger partial charge on any atom is 0.253 e. The van der Waals surface area contributed by atoms with E-state index in [1.165, 1.54) is 29.5 Å². The Bertz CT molecular complexity index is 1240. The Balaban J connectivity index is 1.21. The van der Waals surface area contributed by atoms with Gasteiger partial charge in [0.15, 0.2) is 0 Å². The Hall–Kier alpha value is -3.86. The molecular weight excluding hydrogens is 485 g/mol. The number of amides is 3. The van der Waals surface area contributed by atoms with Gasteiger partial charge in [-0.15, -0.1) is 10.2 Å². The molecule has 2 N–H and O–H groups in total. The lowest BCUT2D eigenvalue weighted by Crippen LogP contribution is -2.41. The molecule has 188 valence electrons. The summed E-state index contributed by atoms with van der Waals surface area (Å²) in [5.41, 5.74) is 0.808. The van der Waals surface area contributed by atoms with Crippen molar-refractivity contribution in [2.45, 2.75) is 19.3 Å². The molecule has 1 aliphatic rings. The number of ether oxygens (including phenoxy) is 1. The number of carbonyl (C=O) groups excluding carboxylic acids is 3. The zero-order valence-corrected chi connectivity index (χ0v) is 20.5. The van der Waals surface area contributed by atoms with Crippen molar-refractivity contribution in [2.24, 2.45) is 5.92 Å². The van der Waals surface area contributed by atoms with Crippen molar-refractivity contribution in [1.29, 1.82) is 0 Å². The minimum absolute atomic E-state index is 0.165. The van der Waals surface area contributed by atoms with Crippen LogP contribution in [-0.2, 0) is 11.2 Å². The van der Waals surface area contributed by atoms with Gasteiger partial charge in [-0.05, 0) is 49.2 Å². The topological polar surface area (TPSA) is 114 Å². The summed E-state index contributed by atoms with van der Waals surface area (Å²) in [6, 6.07) is 12.5. The Labute approximate surface area is 211 Å². The summed E-state index contributed by atoms with van der Waals surface area (Å²) in [6.45, 7) is 1.21. The van der Waals surface area contributed by atoms with E-state index in [-0.39, 0.29) is 23.6 Å². The van der Waals surface area contributed by atoms with E-state index in [4.69, 9.17) is 4.74 Å². The smallest absolute Gasteiger partial charge is 0.253 e. The first-order chi connectivity index (χ1) is 17.4. The number of anilines is 1. The number of hydrogen-bond donors (Lipinski definition) is 2. The first-order valence-corrected chi connectivity index (χ1v) is 12.3. The van der Waals surface area contributed by atoms with Crippen LogP contribution in [0.1, 0.15) is 38.6 Å². The van der Waals surface area contributed by atoms with Gasteiger partial charge in [-0.1, -0.05) is 23.5 Å². The van der Waals surface area contributed by atoms with E-state index in [1.807, 2.05) is 0 Å². The second-order valence-corrected chi connectivity index (χ2v) is 9.37. The highest BCUT2D eigenvalue weighted by Gasteiger charge is 2.28. The summed E-state index contributed by atoms with van der Waals surface area (Å²) >= 11 is 1.26. The van der Waals surface area contributed by atoms with E-state index in [1.54, 1.807) is 42.3 Å². The third-order valence-corrected chi connectivity index (χ3v) is 6.78. The summed E-state index contributed by atoms with van der Waals surface area (Å²) in [6.07, 6.45) is 1.49. The lowest BCUT2D eigenvalue weighted by molar-refractivity contribution is -0.121. The first-order valence-electron chi connectivity index (χ1n) is 11.5. The van der Waals surface area contributed by atoms with Crippen LogP contribution in [-0.4, -0.2) is 59.6 Å². The van der Waals surface area contributed by atoms with Crippen LogP contribution >= 0.6 is 11.3 Å². The monoisotopic (exact) mass is 511 g/mol. The molecule has 1 aromatic heterocycles. The lowest BCUT2D eigenvalue weighted by Gasteiger charge is -2.31. The maximum absolute atomic E-state index is 13.4. The largest absolute Gasteiger partial charge is 0.497 e. The molecule has 3 aromatic rings. The number of rotatable bonds is 8. The number of methoxy groups -OCH3 is 1. The number of hydrogen-bond acceptors (Lipinski definition) is 7. The molecule has 2 heterocycles. The Morgan fingerprint density at radius 1 is 1.08 bits per heavy atom. The molecule has 1 aliphatic heterocycles. The summed E-state index contributed by atoms with van der Waals surface area (Å²) in [7, 11) is 1.54. The van der Waals surface area contributed by atoms with E-state index >= 15 is 0 Å². The van der Waals surface area contributed by atoms with Gasteiger partial charge < -0.3 is 20.3 Å². The highest BCUT2D eigenvalue weighted by atomic mass is 32.1. The highest BCUT2D eigenvalue weighted by molar-refractivity contribution is 7.15. The fourth-order valence-corrected chi connectivity index (χ4v) is 4.65. The summed E-state index contributed by atoms with van der Waals surface area (Å²) in [5, 5.41) is 14.8. The predicted octanol–water partition coefficient (Wildman–Crippen LogP) is 3.15. The Morgan fingerprint density at radius 2 is 1.83 bits per heavy atom. The number of nitrogens with one attached hydrogen (secondary N) is 2. The van der Waals surface area contributed by atoms with E-state index < -0.39 is 5.82 Å². The standard InChI is InChI=1S/C25H26FN5O4S/c1-35-20-7-3-4-17(15-20)22(32)27-11-8-21-29-30-25(36-21)28-23(33)16-9-12-31(13-10-16)24(34)18-5-2-6-19(26)14-18/h2-7,14-16H,8-13H2,1H3,(H,27,32)(H,28,30,33). The molecule has 1 saturated heterocycles. The van der Waals surface area contributed by atoms with Crippen LogP contribution in [0, 0.1) is 11.7 Å². The molecule has 9 nitrogen and oxygen atoms in total. The quantitative estimate of drug-likeness (QED) is 0.480. The third-order valence-electron chi connectivity index (χ3n) is 5.88. The van der Waals surface area contributed by atoms with Crippen LogP contribution in [0.15, 0.2) is 48.5 Å². The zero-order chi connectivity index (χ0) is 25.5. The summed E-state index contributed by atoms with van der Waals surface area (Å²) < 4.78 is 18.5. The molecule has 0 radical (unpaired) electrons. The van der Waals surface area contributed by atoms with Gasteiger partial charge in [0, 0.05) is 43.1 Å². The number of aromatic nitrogens is 2. The minimum atomic E-state index is -0.453. The molecule has 2 aromatic carbocycles. The SMILES string of the molecule is COc1cccc(C(=O)NCCc2nnc(NC(=O)C3CCN(C(=O)c4cccc(F)c4)CC3)s2)c1. The van der Waals surface area contributed by atoms with Crippen molar-refractivity contribution in [3.8, 4) is 5.75 Å². The van der Waals surface area contributed by atoms with Crippen molar-refractivity contribution in [1.82, 2.24) is 20.4 Å². The van der Waals surface area contributed by atoms with Gasteiger partial charge >= 0.3 is 0 Å². The van der Waals surface area contributed by atoms with Gasteiger partial charge in [0.25, 0.3) is 11.8 Å². The third kappa shape index (κ3) is 6.42. The second-order valence-electron chi connectivity index (χ2n) is 8.30. The van der Waals surface area contributed by atoms with E-state index in [9.17, 15) is 18.8 Å². The predicted molar refractivity (Wildman–Crippen MR) is 133 cm³/mol. The van der Waals surface area contributed by atoms with Gasteiger partial charge in [-0.2, -0.15) is 0 Å². The number of benzene rings is 2. The fraction of sp³-hybridized carbons (Fsp3) is 0.320. The van der Waals surface area contributed by atoms with Crippen LogP contribution in [0.2, 0.25) is 0 Å². The van der Waals surface area contributed by atoms with Crippen LogP contribution < -0.4 is 15.4 Å². The van der Waals surface area contributed by atoms with Gasteiger partial charge in [0.1, 0.15) is 16.6 Å². The van der Waals surface area contributed by atoms with Crippen molar-refractivity contribution in [3.63, 3.8) is 0 Å². The average molecular weight is 512 g/mol. The van der Waals surface area contributed by atoms with Crippen LogP contribution in [0.5, 0.6) is 5.75 Å². The van der Waals surface area contributed by atoms with Crippen LogP contribution in [0.4, 0.5) is 9.52 Å². The zero-order valence-electron chi connectivity index (χ0n) is 19.7. The number of halogens is 1. The van der Waals surface area contributed by atoms with Crippen LogP contribution in [0.3, 0.4) is 0 Å². The first kappa shape index (κ1) is 25.2. The van der Waals surface area contributed by atoms with Gasteiger partial charge in [-0.3, -0.25) is 14.4 Å². The molecule has 0 atom stereocenters. The number of likely N-dealkylation sites (tertiary alicyclic amines) is 1. The molecule has 11 heteroatoms. The number of carbonyl (C=O) groups is 3. The molecule has 0 spiro atoms. The molecule has 3 amide bonds. The number of piperidine rings is 1. The van der Waals surface area contributed by atoms with Crippen molar-refractivity contribution in [3.05, 3.63) is 70.5 Å². The highest BCUT2D eigenvalue weighted by Crippen LogP contribution is 2.23. The summed E-state index contributed by atoms with van der Waals surface area (Å²) in [4.78, 5) is 39.2. The Kier molecular flexibility index (Phi) is 8.21. The molecule has 1 fully saturated rings. The molecule has 0 bridgehead atoms. The molecule has 36 heavy (non-hydrogen) atoms. The van der Waals surface area contributed by atoms with Gasteiger partial charge in [-0.25, -0.2) is 4.39 Å². The lowest BCUT2D eigenvalue weighted by atomic mass is 9.95. The maximum atomic E-state index is 13.4. The van der Waals surface area contributed by atoms with E-state index in [0.717, 1.165) is 0 Å². The van der Waals surface area contributed by atoms with Gasteiger partial charge in [0.2, 0.25) is 11.0 Å². The van der Waals surface area contributed by atoms with Crippen molar-refractivity contribution >= 4 is 34.2 Å². The van der Waals surface area contributed by atoms with Crippen molar-refractivity contribution < 1.29 is 23.5 Å². The fourth-order valence-electron chi connectivity index (χ4n) is 3.91. The molecule has 0 saturated carbocycles. The molecular formula is C25H26FN5O4S. The summed E-state index contributed by atoms with van der Waals surface area (Å²) in [5.74, 6) is -0.713. The van der Waals surface area contributed by atoms with Gasteiger partial charge in [0.05, 0.1) is 7.11 Å². The van der Waals surface area contributed by atoms with Crippen LogP contribution in [0.25, 0.3) is 0 Å². The average Bonchev–Trinajstić information content (AvgIpc) is 3.35. The molecule has 0 aliphatic carbocycles. The minimum Gasteiger partial charge on any atom is -0.497 e. The second kappa shape index (κ2) is 11.7. The number of nitrogens with zero attached hydrogens (tertiary/aromatic N) is 3.